The third-order valence-electron chi connectivity index (χ3n) is 2.05. The molecule has 0 saturated carbocycles. The largest absolute Gasteiger partial charge is 0.313 e. The van der Waals surface area contributed by atoms with E-state index in [1.54, 1.807) is 11.8 Å². The number of halogens is 1. The fourth-order valence-electron chi connectivity index (χ4n) is 1.22. The van der Waals surface area contributed by atoms with Crippen LogP contribution in [0.4, 0.5) is 4.39 Å². The first-order valence-corrected chi connectivity index (χ1v) is 6.33. The van der Waals surface area contributed by atoms with Crippen LogP contribution in [0.15, 0.2) is 29.2 Å². The van der Waals surface area contributed by atoms with Gasteiger partial charge in [-0.05, 0) is 30.7 Å². The van der Waals surface area contributed by atoms with Crippen LogP contribution in [0.25, 0.3) is 0 Å². The molecule has 0 atom stereocenters. The van der Waals surface area contributed by atoms with Gasteiger partial charge in [-0.3, -0.25) is 4.39 Å². The van der Waals surface area contributed by atoms with Crippen molar-refractivity contribution in [3.8, 4) is 0 Å². The lowest BCUT2D eigenvalue weighted by molar-refractivity contribution is 0.489. The monoisotopic (exact) mass is 227 g/mol. The third kappa shape index (κ3) is 5.19. The Morgan fingerprint density at radius 1 is 1.27 bits per heavy atom. The average Bonchev–Trinajstić information content (AvgIpc) is 2.28. The van der Waals surface area contributed by atoms with Gasteiger partial charge in [0.15, 0.2) is 0 Å². The standard InChI is InChI=1S/C12H18FNS/c1-2-14-10-11-4-6-12(7-5-11)15-9-3-8-13/h4-7,14H,2-3,8-10H2,1H3. The molecule has 1 N–H and O–H groups in total. The predicted molar refractivity (Wildman–Crippen MR) is 65.1 cm³/mol. The molecule has 0 radical (unpaired) electrons. The minimum absolute atomic E-state index is 0.217. The molecule has 0 unspecified atom stereocenters. The number of thioether (sulfide) groups is 1. The fourth-order valence-corrected chi connectivity index (χ4v) is 2.04. The smallest absolute Gasteiger partial charge is 0.0902 e. The highest BCUT2D eigenvalue weighted by atomic mass is 32.2. The number of hydrogen-bond donors (Lipinski definition) is 1. The minimum Gasteiger partial charge on any atom is -0.313 e. The number of alkyl halides is 1. The van der Waals surface area contributed by atoms with Crippen molar-refractivity contribution < 1.29 is 4.39 Å². The number of rotatable bonds is 7. The van der Waals surface area contributed by atoms with Crippen molar-refractivity contribution in [1.29, 1.82) is 0 Å². The van der Waals surface area contributed by atoms with Crippen molar-refractivity contribution in [2.75, 3.05) is 19.0 Å². The molecular weight excluding hydrogens is 209 g/mol. The number of nitrogens with one attached hydrogen (secondary N) is 1. The summed E-state index contributed by atoms with van der Waals surface area (Å²) < 4.78 is 11.9. The number of benzene rings is 1. The van der Waals surface area contributed by atoms with E-state index in [-0.39, 0.29) is 6.67 Å². The molecule has 1 aromatic carbocycles. The van der Waals surface area contributed by atoms with Gasteiger partial charge in [-0.1, -0.05) is 19.1 Å². The van der Waals surface area contributed by atoms with E-state index in [2.05, 4.69) is 36.5 Å². The lowest BCUT2D eigenvalue weighted by atomic mass is 10.2. The molecule has 84 valence electrons. The van der Waals surface area contributed by atoms with E-state index in [0.29, 0.717) is 6.42 Å². The molecule has 3 heteroatoms. The van der Waals surface area contributed by atoms with E-state index in [4.69, 9.17) is 0 Å². The number of hydrogen-bond acceptors (Lipinski definition) is 2. The Morgan fingerprint density at radius 2 is 2.00 bits per heavy atom. The van der Waals surface area contributed by atoms with Crippen molar-refractivity contribution in [2.24, 2.45) is 0 Å². The first-order valence-electron chi connectivity index (χ1n) is 5.35. The molecule has 0 aromatic heterocycles. The van der Waals surface area contributed by atoms with E-state index < -0.39 is 0 Å². The van der Waals surface area contributed by atoms with Gasteiger partial charge < -0.3 is 5.32 Å². The Labute approximate surface area is 95.5 Å². The summed E-state index contributed by atoms with van der Waals surface area (Å²) in [7, 11) is 0. The second kappa shape index (κ2) is 7.71. The molecule has 0 saturated heterocycles. The minimum atomic E-state index is -0.217. The van der Waals surface area contributed by atoms with E-state index >= 15 is 0 Å². The van der Waals surface area contributed by atoms with Crippen molar-refractivity contribution in [2.45, 2.75) is 24.8 Å². The quantitative estimate of drug-likeness (QED) is 0.567. The summed E-state index contributed by atoms with van der Waals surface area (Å²) >= 11 is 1.72. The van der Waals surface area contributed by atoms with E-state index in [1.165, 1.54) is 10.5 Å². The first kappa shape index (κ1) is 12.5. The zero-order chi connectivity index (χ0) is 10.9. The zero-order valence-electron chi connectivity index (χ0n) is 9.13. The summed E-state index contributed by atoms with van der Waals surface area (Å²) in [5, 5.41) is 3.28. The fraction of sp³-hybridized carbons (Fsp3) is 0.500. The lowest BCUT2D eigenvalue weighted by Gasteiger charge is -2.04. The van der Waals surface area contributed by atoms with Crippen molar-refractivity contribution in [3.63, 3.8) is 0 Å². The molecule has 0 bridgehead atoms. The molecule has 1 aromatic rings. The summed E-state index contributed by atoms with van der Waals surface area (Å²) in [5.74, 6) is 0.864. The van der Waals surface area contributed by atoms with Gasteiger partial charge in [0, 0.05) is 17.2 Å². The van der Waals surface area contributed by atoms with Gasteiger partial charge in [0.05, 0.1) is 6.67 Å². The molecule has 0 spiro atoms. The van der Waals surface area contributed by atoms with Crippen LogP contribution in [0.1, 0.15) is 18.9 Å². The maximum absolute atomic E-state index is 11.9. The molecule has 0 aliphatic heterocycles. The van der Waals surface area contributed by atoms with Gasteiger partial charge in [0.1, 0.15) is 0 Å². The van der Waals surface area contributed by atoms with Gasteiger partial charge in [-0.2, -0.15) is 0 Å². The highest BCUT2D eigenvalue weighted by molar-refractivity contribution is 7.99. The normalized spacial score (nSPS) is 10.5. The van der Waals surface area contributed by atoms with E-state index in [1.807, 2.05) is 0 Å². The van der Waals surface area contributed by atoms with Crippen molar-refractivity contribution in [3.05, 3.63) is 29.8 Å². The topological polar surface area (TPSA) is 12.0 Å². The van der Waals surface area contributed by atoms with Crippen LogP contribution in [0.3, 0.4) is 0 Å². The van der Waals surface area contributed by atoms with Crippen LogP contribution in [-0.4, -0.2) is 19.0 Å². The van der Waals surface area contributed by atoms with Crippen LogP contribution in [0.2, 0.25) is 0 Å². The Balaban J connectivity index is 2.35. The summed E-state index contributed by atoms with van der Waals surface area (Å²) in [6.45, 7) is 3.80. The van der Waals surface area contributed by atoms with Crippen LogP contribution in [0.5, 0.6) is 0 Å². The van der Waals surface area contributed by atoms with Crippen LogP contribution >= 0.6 is 11.8 Å². The van der Waals surface area contributed by atoms with Crippen LogP contribution in [0, 0.1) is 0 Å². The molecule has 0 aliphatic rings. The predicted octanol–water partition coefficient (Wildman–Crippen LogP) is 3.25. The summed E-state index contributed by atoms with van der Waals surface area (Å²) in [6, 6.07) is 8.46. The molecule has 0 aliphatic carbocycles. The first-order chi connectivity index (χ1) is 7.36. The SMILES string of the molecule is CCNCc1ccc(SCCCF)cc1. The Morgan fingerprint density at radius 3 is 2.60 bits per heavy atom. The van der Waals surface area contributed by atoms with Crippen LogP contribution in [-0.2, 0) is 6.54 Å². The van der Waals surface area contributed by atoms with Crippen molar-refractivity contribution in [1.82, 2.24) is 5.32 Å². The second-order valence-electron chi connectivity index (χ2n) is 3.32. The van der Waals surface area contributed by atoms with Gasteiger partial charge in [0.25, 0.3) is 0 Å². The summed E-state index contributed by atoms with van der Waals surface area (Å²) in [6.07, 6.45) is 0.643. The maximum Gasteiger partial charge on any atom is 0.0902 e. The maximum atomic E-state index is 11.9. The molecule has 1 rings (SSSR count). The lowest BCUT2D eigenvalue weighted by Crippen LogP contribution is -2.11. The van der Waals surface area contributed by atoms with Gasteiger partial charge in [-0.15, -0.1) is 11.8 Å². The Bertz CT molecular complexity index is 261. The van der Waals surface area contributed by atoms with Crippen molar-refractivity contribution >= 4 is 11.8 Å². The van der Waals surface area contributed by atoms with E-state index in [0.717, 1.165) is 18.8 Å². The molecule has 0 heterocycles. The molecule has 1 nitrogen and oxygen atoms in total. The zero-order valence-corrected chi connectivity index (χ0v) is 9.95. The average molecular weight is 227 g/mol. The summed E-state index contributed by atoms with van der Waals surface area (Å²) in [4.78, 5) is 1.23. The molecule has 0 amide bonds. The third-order valence-corrected chi connectivity index (χ3v) is 3.15. The molecule has 0 fully saturated rings. The summed E-state index contributed by atoms with van der Waals surface area (Å²) in [5.41, 5.74) is 1.30. The van der Waals surface area contributed by atoms with Gasteiger partial charge in [0.2, 0.25) is 0 Å². The van der Waals surface area contributed by atoms with Gasteiger partial charge in [-0.25, -0.2) is 0 Å². The Hall–Kier alpha value is -0.540. The molecular formula is C12H18FNS. The van der Waals surface area contributed by atoms with Crippen LogP contribution < -0.4 is 5.32 Å². The Kier molecular flexibility index (Phi) is 6.44. The highest BCUT2D eigenvalue weighted by Gasteiger charge is 1.95. The van der Waals surface area contributed by atoms with E-state index in [9.17, 15) is 4.39 Å². The molecule has 15 heavy (non-hydrogen) atoms. The highest BCUT2D eigenvalue weighted by Crippen LogP contribution is 2.19. The van der Waals surface area contributed by atoms with Gasteiger partial charge >= 0.3 is 0 Å². The second-order valence-corrected chi connectivity index (χ2v) is 4.48.